The maximum atomic E-state index is 5.79. The van der Waals surface area contributed by atoms with Gasteiger partial charge in [0.15, 0.2) is 0 Å². The molecule has 3 nitrogen and oxygen atoms in total. The van der Waals surface area contributed by atoms with Gasteiger partial charge in [0.05, 0.1) is 0 Å². The molecule has 0 spiro atoms. The highest BCUT2D eigenvalue weighted by Crippen LogP contribution is 2.14. The highest BCUT2D eigenvalue weighted by atomic mass is 35.5. The van der Waals surface area contributed by atoms with Gasteiger partial charge in [-0.1, -0.05) is 11.6 Å². The number of halogens is 1. The van der Waals surface area contributed by atoms with Crippen molar-refractivity contribution in [3.05, 3.63) is 29.3 Å². The fourth-order valence-electron chi connectivity index (χ4n) is 1.62. The summed E-state index contributed by atoms with van der Waals surface area (Å²) in [6.07, 6.45) is 0. The summed E-state index contributed by atoms with van der Waals surface area (Å²) >= 11 is 5.79. The highest BCUT2D eigenvalue weighted by Gasteiger charge is 2.01. The second-order valence-corrected chi connectivity index (χ2v) is 4.86. The van der Waals surface area contributed by atoms with Crippen LogP contribution in [0.25, 0.3) is 0 Å². The second-order valence-electron chi connectivity index (χ2n) is 4.42. The van der Waals surface area contributed by atoms with Gasteiger partial charge in [-0.05, 0) is 45.3 Å². The third-order valence-corrected chi connectivity index (χ3v) is 2.57. The first kappa shape index (κ1) is 14.3. The predicted molar refractivity (Wildman–Crippen MR) is 73.0 cm³/mol. The zero-order valence-corrected chi connectivity index (χ0v) is 11.5. The van der Waals surface area contributed by atoms with Crippen LogP contribution in [0.3, 0.4) is 0 Å². The van der Waals surface area contributed by atoms with Crippen molar-refractivity contribution in [2.45, 2.75) is 13.0 Å². The van der Waals surface area contributed by atoms with E-state index in [1.54, 1.807) is 0 Å². The summed E-state index contributed by atoms with van der Waals surface area (Å²) < 4.78 is 5.58. The maximum absolute atomic E-state index is 5.79. The molecule has 17 heavy (non-hydrogen) atoms. The van der Waals surface area contributed by atoms with Crippen molar-refractivity contribution in [2.24, 2.45) is 0 Å². The molecule has 0 aromatic heterocycles. The first-order chi connectivity index (χ1) is 8.08. The number of likely N-dealkylation sites (N-methyl/N-ethyl adjacent to an activating group) is 1. The van der Waals surface area contributed by atoms with E-state index in [9.17, 15) is 0 Å². The Morgan fingerprint density at radius 2 is 1.94 bits per heavy atom. The molecule has 0 aliphatic carbocycles. The standard InChI is InChI=1S/C13H21ClN2O/c1-11(10-16(2)3)15-8-9-17-13-6-4-12(14)5-7-13/h4-7,11,15H,8-10H2,1-3H3. The Balaban J connectivity index is 2.13. The Labute approximate surface area is 109 Å². The summed E-state index contributed by atoms with van der Waals surface area (Å²) in [7, 11) is 4.14. The Bertz CT molecular complexity index is 314. The lowest BCUT2D eigenvalue weighted by Crippen LogP contribution is -2.37. The molecule has 96 valence electrons. The number of rotatable bonds is 7. The largest absolute Gasteiger partial charge is 0.492 e. The fourth-order valence-corrected chi connectivity index (χ4v) is 1.74. The summed E-state index contributed by atoms with van der Waals surface area (Å²) in [4.78, 5) is 2.16. The van der Waals surface area contributed by atoms with Crippen LogP contribution < -0.4 is 10.1 Å². The van der Waals surface area contributed by atoms with E-state index in [0.717, 1.165) is 23.9 Å². The average molecular weight is 257 g/mol. The van der Waals surface area contributed by atoms with Crippen molar-refractivity contribution < 1.29 is 4.74 Å². The topological polar surface area (TPSA) is 24.5 Å². The van der Waals surface area contributed by atoms with Gasteiger partial charge in [0, 0.05) is 24.2 Å². The third-order valence-electron chi connectivity index (χ3n) is 2.32. The molecule has 1 atom stereocenters. The molecule has 1 aromatic rings. The number of benzene rings is 1. The lowest BCUT2D eigenvalue weighted by Gasteiger charge is -2.18. The summed E-state index contributed by atoms with van der Waals surface area (Å²) in [6, 6.07) is 7.90. The summed E-state index contributed by atoms with van der Waals surface area (Å²) in [6.45, 7) is 4.71. The molecule has 0 bridgehead atoms. The smallest absolute Gasteiger partial charge is 0.119 e. The number of nitrogens with one attached hydrogen (secondary N) is 1. The Kier molecular flexibility index (Phi) is 6.34. The molecule has 0 heterocycles. The molecule has 4 heteroatoms. The van der Waals surface area contributed by atoms with Crippen molar-refractivity contribution in [3.63, 3.8) is 0 Å². The van der Waals surface area contributed by atoms with Gasteiger partial charge < -0.3 is 15.0 Å². The molecule has 0 aliphatic heterocycles. The van der Waals surface area contributed by atoms with Crippen molar-refractivity contribution in [2.75, 3.05) is 33.8 Å². The lowest BCUT2D eigenvalue weighted by atomic mass is 10.3. The van der Waals surface area contributed by atoms with Crippen molar-refractivity contribution in [1.29, 1.82) is 0 Å². The van der Waals surface area contributed by atoms with E-state index >= 15 is 0 Å². The second kappa shape index (κ2) is 7.54. The average Bonchev–Trinajstić information content (AvgIpc) is 2.26. The Hall–Kier alpha value is -0.770. The van der Waals surface area contributed by atoms with Gasteiger partial charge in [0.2, 0.25) is 0 Å². The molecular weight excluding hydrogens is 236 g/mol. The zero-order valence-electron chi connectivity index (χ0n) is 10.7. The van der Waals surface area contributed by atoms with Gasteiger partial charge in [0.1, 0.15) is 12.4 Å². The number of ether oxygens (including phenoxy) is 1. The minimum Gasteiger partial charge on any atom is -0.492 e. The molecule has 1 aromatic carbocycles. The number of hydrogen-bond donors (Lipinski definition) is 1. The van der Waals surface area contributed by atoms with Gasteiger partial charge in [-0.2, -0.15) is 0 Å². The quantitative estimate of drug-likeness (QED) is 0.758. The molecule has 0 aliphatic rings. The van der Waals surface area contributed by atoms with Crippen LogP contribution in [-0.2, 0) is 0 Å². The van der Waals surface area contributed by atoms with E-state index < -0.39 is 0 Å². The first-order valence-electron chi connectivity index (χ1n) is 5.84. The van der Waals surface area contributed by atoms with E-state index in [0.29, 0.717) is 12.6 Å². The van der Waals surface area contributed by atoms with Gasteiger partial charge in [-0.25, -0.2) is 0 Å². The van der Waals surface area contributed by atoms with Gasteiger partial charge >= 0.3 is 0 Å². The van der Waals surface area contributed by atoms with E-state index in [-0.39, 0.29) is 0 Å². The van der Waals surface area contributed by atoms with Crippen molar-refractivity contribution in [1.82, 2.24) is 10.2 Å². The third kappa shape index (κ3) is 6.51. The lowest BCUT2D eigenvalue weighted by molar-refractivity contribution is 0.291. The SMILES string of the molecule is CC(CN(C)C)NCCOc1ccc(Cl)cc1. The maximum Gasteiger partial charge on any atom is 0.119 e. The highest BCUT2D eigenvalue weighted by molar-refractivity contribution is 6.30. The van der Waals surface area contributed by atoms with Crippen LogP contribution in [0.5, 0.6) is 5.75 Å². The summed E-state index contributed by atoms with van der Waals surface area (Å²) in [5.74, 6) is 0.858. The number of nitrogens with zero attached hydrogens (tertiary/aromatic N) is 1. The van der Waals surface area contributed by atoms with Crippen LogP contribution in [0.15, 0.2) is 24.3 Å². The molecule has 0 saturated heterocycles. The number of hydrogen-bond acceptors (Lipinski definition) is 3. The van der Waals surface area contributed by atoms with Crippen molar-refractivity contribution in [3.8, 4) is 5.75 Å². The molecule has 0 saturated carbocycles. The Morgan fingerprint density at radius 3 is 2.53 bits per heavy atom. The van der Waals surface area contributed by atoms with E-state index in [2.05, 4.69) is 31.2 Å². The van der Waals surface area contributed by atoms with Gasteiger partial charge in [-0.3, -0.25) is 0 Å². The van der Waals surface area contributed by atoms with E-state index in [4.69, 9.17) is 16.3 Å². The first-order valence-corrected chi connectivity index (χ1v) is 6.22. The normalized spacial score (nSPS) is 12.8. The molecule has 0 radical (unpaired) electrons. The molecule has 1 unspecified atom stereocenters. The molecule has 1 rings (SSSR count). The fraction of sp³-hybridized carbons (Fsp3) is 0.538. The monoisotopic (exact) mass is 256 g/mol. The Morgan fingerprint density at radius 1 is 1.29 bits per heavy atom. The van der Waals surface area contributed by atoms with Crippen LogP contribution in [0.4, 0.5) is 0 Å². The summed E-state index contributed by atoms with van der Waals surface area (Å²) in [5.41, 5.74) is 0. The van der Waals surface area contributed by atoms with Gasteiger partial charge in [0.25, 0.3) is 0 Å². The van der Waals surface area contributed by atoms with E-state index in [1.165, 1.54) is 0 Å². The van der Waals surface area contributed by atoms with Crippen LogP contribution in [0, 0.1) is 0 Å². The van der Waals surface area contributed by atoms with Crippen LogP contribution in [0.1, 0.15) is 6.92 Å². The van der Waals surface area contributed by atoms with Gasteiger partial charge in [-0.15, -0.1) is 0 Å². The predicted octanol–water partition coefficient (Wildman–Crippen LogP) is 2.26. The minimum atomic E-state index is 0.471. The molecule has 0 amide bonds. The zero-order chi connectivity index (χ0) is 12.7. The summed E-state index contributed by atoms with van der Waals surface area (Å²) in [5, 5.41) is 4.13. The van der Waals surface area contributed by atoms with Crippen LogP contribution in [-0.4, -0.2) is 44.7 Å². The van der Waals surface area contributed by atoms with Crippen LogP contribution >= 0.6 is 11.6 Å². The van der Waals surface area contributed by atoms with E-state index in [1.807, 2.05) is 24.3 Å². The molecular formula is C13H21ClN2O. The molecule has 1 N–H and O–H groups in total. The van der Waals surface area contributed by atoms with Crippen LogP contribution in [0.2, 0.25) is 5.02 Å². The van der Waals surface area contributed by atoms with Crippen molar-refractivity contribution >= 4 is 11.6 Å². The minimum absolute atomic E-state index is 0.471. The molecule has 0 fully saturated rings.